The number of carbonyl (C=O) groups excluding carboxylic acids is 1. The summed E-state index contributed by atoms with van der Waals surface area (Å²) in [4.78, 5) is 12.4. The van der Waals surface area contributed by atoms with Gasteiger partial charge in [-0.3, -0.25) is 4.79 Å². The van der Waals surface area contributed by atoms with Crippen LogP contribution in [0, 0.1) is 6.92 Å². The average Bonchev–Trinajstić information content (AvgIpc) is 2.49. The number of anilines is 2. The van der Waals surface area contributed by atoms with Gasteiger partial charge in [0.2, 0.25) is 0 Å². The van der Waals surface area contributed by atoms with Gasteiger partial charge in [0.1, 0.15) is 11.5 Å². The Morgan fingerprint density at radius 3 is 2.52 bits per heavy atom. The highest BCUT2D eigenvalue weighted by atomic mass is 16.5. The van der Waals surface area contributed by atoms with Gasteiger partial charge in [0.25, 0.3) is 5.91 Å². The van der Waals surface area contributed by atoms with Crippen molar-refractivity contribution in [3.63, 3.8) is 0 Å². The molecule has 0 spiro atoms. The molecular formula is C16H18N2O3. The number of hydrogen-bond donors (Lipinski definition) is 2. The predicted molar refractivity (Wildman–Crippen MR) is 83.1 cm³/mol. The number of benzene rings is 2. The van der Waals surface area contributed by atoms with E-state index in [4.69, 9.17) is 15.2 Å². The van der Waals surface area contributed by atoms with Crippen LogP contribution in [0.4, 0.5) is 11.4 Å². The summed E-state index contributed by atoms with van der Waals surface area (Å²) in [7, 11) is 3.10. The highest BCUT2D eigenvalue weighted by Crippen LogP contribution is 2.29. The fourth-order valence-corrected chi connectivity index (χ4v) is 1.97. The quantitative estimate of drug-likeness (QED) is 0.848. The average molecular weight is 286 g/mol. The van der Waals surface area contributed by atoms with Crippen molar-refractivity contribution in [2.45, 2.75) is 6.92 Å². The van der Waals surface area contributed by atoms with Crippen LogP contribution in [0.1, 0.15) is 15.9 Å². The molecule has 0 aromatic heterocycles. The van der Waals surface area contributed by atoms with E-state index in [0.717, 1.165) is 5.56 Å². The summed E-state index contributed by atoms with van der Waals surface area (Å²) < 4.78 is 10.4. The third kappa shape index (κ3) is 3.25. The lowest BCUT2D eigenvalue weighted by atomic mass is 10.1. The monoisotopic (exact) mass is 286 g/mol. The van der Waals surface area contributed by atoms with Gasteiger partial charge in [0, 0.05) is 11.8 Å². The smallest absolute Gasteiger partial charge is 0.257 e. The predicted octanol–water partition coefficient (Wildman–Crippen LogP) is 2.85. The molecule has 5 nitrogen and oxygen atoms in total. The topological polar surface area (TPSA) is 73.6 Å². The number of methoxy groups -OCH3 is 2. The molecule has 0 aliphatic rings. The van der Waals surface area contributed by atoms with Crippen molar-refractivity contribution < 1.29 is 14.3 Å². The largest absolute Gasteiger partial charge is 0.497 e. The Labute approximate surface area is 123 Å². The zero-order valence-corrected chi connectivity index (χ0v) is 12.3. The zero-order chi connectivity index (χ0) is 15.4. The molecule has 0 aliphatic carbocycles. The van der Waals surface area contributed by atoms with Crippen LogP contribution in [0.25, 0.3) is 0 Å². The van der Waals surface area contributed by atoms with E-state index in [9.17, 15) is 4.79 Å². The first-order valence-corrected chi connectivity index (χ1v) is 6.44. The van der Waals surface area contributed by atoms with E-state index in [-0.39, 0.29) is 5.91 Å². The van der Waals surface area contributed by atoms with Gasteiger partial charge in [0.15, 0.2) is 0 Å². The normalized spacial score (nSPS) is 10.0. The Morgan fingerprint density at radius 2 is 1.86 bits per heavy atom. The number of hydrogen-bond acceptors (Lipinski definition) is 4. The van der Waals surface area contributed by atoms with Crippen molar-refractivity contribution in [2.75, 3.05) is 25.3 Å². The van der Waals surface area contributed by atoms with Gasteiger partial charge in [0.05, 0.1) is 25.5 Å². The maximum Gasteiger partial charge on any atom is 0.257 e. The molecular weight excluding hydrogens is 268 g/mol. The molecule has 2 rings (SSSR count). The lowest BCUT2D eigenvalue weighted by Crippen LogP contribution is -2.15. The van der Waals surface area contributed by atoms with E-state index >= 15 is 0 Å². The van der Waals surface area contributed by atoms with Crippen LogP contribution < -0.4 is 20.5 Å². The molecule has 1 amide bonds. The summed E-state index contributed by atoms with van der Waals surface area (Å²) >= 11 is 0. The van der Waals surface area contributed by atoms with Gasteiger partial charge < -0.3 is 20.5 Å². The Morgan fingerprint density at radius 1 is 1.10 bits per heavy atom. The van der Waals surface area contributed by atoms with E-state index < -0.39 is 0 Å². The number of amides is 1. The molecule has 5 heteroatoms. The van der Waals surface area contributed by atoms with Gasteiger partial charge in [-0.05, 0) is 31.2 Å². The molecule has 0 atom stereocenters. The Bertz CT molecular complexity index is 669. The SMILES string of the molecule is COc1ccc(OC)c(NC(=O)c2cc(C)ccc2N)c1. The molecule has 0 radical (unpaired) electrons. The van der Waals surface area contributed by atoms with E-state index in [1.165, 1.54) is 0 Å². The molecule has 0 saturated carbocycles. The van der Waals surface area contributed by atoms with Gasteiger partial charge >= 0.3 is 0 Å². The number of aryl methyl sites for hydroxylation is 1. The van der Waals surface area contributed by atoms with Crippen LogP contribution in [-0.2, 0) is 0 Å². The van der Waals surface area contributed by atoms with Crippen molar-refractivity contribution >= 4 is 17.3 Å². The van der Waals surface area contributed by atoms with Crippen molar-refractivity contribution in [2.24, 2.45) is 0 Å². The van der Waals surface area contributed by atoms with Gasteiger partial charge in [-0.15, -0.1) is 0 Å². The summed E-state index contributed by atoms with van der Waals surface area (Å²) in [6, 6.07) is 10.5. The Balaban J connectivity index is 2.32. The minimum Gasteiger partial charge on any atom is -0.497 e. The van der Waals surface area contributed by atoms with Gasteiger partial charge in [-0.2, -0.15) is 0 Å². The number of nitrogens with one attached hydrogen (secondary N) is 1. The molecule has 0 fully saturated rings. The molecule has 21 heavy (non-hydrogen) atoms. The standard InChI is InChI=1S/C16H18N2O3/c1-10-4-6-13(17)12(8-10)16(19)18-14-9-11(20-2)5-7-15(14)21-3/h4-9H,17H2,1-3H3,(H,18,19). The molecule has 0 unspecified atom stereocenters. The number of rotatable bonds is 4. The summed E-state index contributed by atoms with van der Waals surface area (Å²) in [6.45, 7) is 1.91. The maximum atomic E-state index is 12.4. The first-order chi connectivity index (χ1) is 10.0. The van der Waals surface area contributed by atoms with Crippen LogP contribution in [0.15, 0.2) is 36.4 Å². The fraction of sp³-hybridized carbons (Fsp3) is 0.188. The molecule has 110 valence electrons. The molecule has 0 heterocycles. The molecule has 2 aromatic carbocycles. The minimum absolute atomic E-state index is 0.289. The highest BCUT2D eigenvalue weighted by molar-refractivity contribution is 6.08. The van der Waals surface area contributed by atoms with E-state index in [2.05, 4.69) is 5.32 Å². The van der Waals surface area contributed by atoms with E-state index in [0.29, 0.717) is 28.4 Å². The van der Waals surface area contributed by atoms with Crippen LogP contribution in [0.2, 0.25) is 0 Å². The van der Waals surface area contributed by atoms with Crippen LogP contribution >= 0.6 is 0 Å². The van der Waals surface area contributed by atoms with Crippen LogP contribution in [0.3, 0.4) is 0 Å². The van der Waals surface area contributed by atoms with Crippen molar-refractivity contribution in [3.05, 3.63) is 47.5 Å². The van der Waals surface area contributed by atoms with Crippen LogP contribution in [-0.4, -0.2) is 20.1 Å². The Hall–Kier alpha value is -2.69. The third-order valence-corrected chi connectivity index (χ3v) is 3.11. The molecule has 0 bridgehead atoms. The van der Waals surface area contributed by atoms with E-state index in [1.54, 1.807) is 44.6 Å². The summed E-state index contributed by atoms with van der Waals surface area (Å²) in [5, 5.41) is 2.80. The van der Waals surface area contributed by atoms with Crippen molar-refractivity contribution in [1.29, 1.82) is 0 Å². The first-order valence-electron chi connectivity index (χ1n) is 6.44. The Kier molecular flexibility index (Phi) is 4.33. The maximum absolute atomic E-state index is 12.4. The fourth-order valence-electron chi connectivity index (χ4n) is 1.97. The second-order valence-corrected chi connectivity index (χ2v) is 4.61. The summed E-state index contributed by atoms with van der Waals surface area (Å²) in [5.41, 5.74) is 8.21. The molecule has 3 N–H and O–H groups in total. The van der Waals surface area contributed by atoms with Gasteiger partial charge in [-0.1, -0.05) is 11.6 Å². The molecule has 0 saturated heterocycles. The summed E-state index contributed by atoms with van der Waals surface area (Å²) in [5.74, 6) is 0.890. The molecule has 0 aliphatic heterocycles. The van der Waals surface area contributed by atoms with Crippen molar-refractivity contribution in [1.82, 2.24) is 0 Å². The van der Waals surface area contributed by atoms with E-state index in [1.807, 2.05) is 13.0 Å². The number of carbonyl (C=O) groups is 1. The number of nitrogen functional groups attached to an aromatic ring is 1. The third-order valence-electron chi connectivity index (χ3n) is 3.11. The lowest BCUT2D eigenvalue weighted by molar-refractivity contribution is 0.102. The number of ether oxygens (including phenoxy) is 2. The van der Waals surface area contributed by atoms with Crippen LogP contribution in [0.5, 0.6) is 11.5 Å². The second-order valence-electron chi connectivity index (χ2n) is 4.61. The highest BCUT2D eigenvalue weighted by Gasteiger charge is 2.13. The van der Waals surface area contributed by atoms with Gasteiger partial charge in [-0.25, -0.2) is 0 Å². The number of nitrogens with two attached hydrogens (primary N) is 1. The summed E-state index contributed by atoms with van der Waals surface area (Å²) in [6.07, 6.45) is 0. The van der Waals surface area contributed by atoms with Crippen molar-refractivity contribution in [3.8, 4) is 11.5 Å². The lowest BCUT2D eigenvalue weighted by Gasteiger charge is -2.13. The zero-order valence-electron chi connectivity index (χ0n) is 12.3. The molecule has 2 aromatic rings. The first kappa shape index (κ1) is 14.7. The second kappa shape index (κ2) is 6.17. The minimum atomic E-state index is -0.289.